The second kappa shape index (κ2) is 6.09. The van der Waals surface area contributed by atoms with Gasteiger partial charge in [-0.1, -0.05) is 23.6 Å². The highest BCUT2D eigenvalue weighted by molar-refractivity contribution is 8.13. The van der Waals surface area contributed by atoms with Crippen molar-refractivity contribution in [1.29, 1.82) is 0 Å². The van der Waals surface area contributed by atoms with Gasteiger partial charge in [-0.3, -0.25) is 4.79 Å². The third kappa shape index (κ3) is 3.87. The maximum absolute atomic E-state index is 10.6. The van der Waals surface area contributed by atoms with Gasteiger partial charge in [0.2, 0.25) is 0 Å². The second-order valence-corrected chi connectivity index (χ2v) is 4.12. The molecular formula is C12H12O3S. The average Bonchev–Trinajstić information content (AvgIpc) is 2.26. The summed E-state index contributed by atoms with van der Waals surface area (Å²) < 4.78 is 4.95. The zero-order chi connectivity index (χ0) is 12.0. The van der Waals surface area contributed by atoms with Crippen LogP contribution in [-0.4, -0.2) is 23.1 Å². The smallest absolute Gasteiger partial charge is 0.186 e. The molecule has 1 N–H and O–H groups in total. The van der Waals surface area contributed by atoms with Crippen LogP contribution >= 0.6 is 11.8 Å². The fraction of sp³-hybridized carbons (Fsp3) is 0.250. The molecule has 1 aromatic carbocycles. The number of carbonyl (C=O) groups excluding carboxylic acids is 1. The highest BCUT2D eigenvalue weighted by Gasteiger charge is 2.00. The number of phenolic OH excluding ortho intramolecular Hbond substituents is 1. The Balaban J connectivity index is 2.70. The van der Waals surface area contributed by atoms with E-state index in [4.69, 9.17) is 4.74 Å². The summed E-state index contributed by atoms with van der Waals surface area (Å²) >= 11 is 1.17. The van der Waals surface area contributed by atoms with Crippen molar-refractivity contribution in [2.45, 2.75) is 6.92 Å². The molecule has 0 spiro atoms. The maximum atomic E-state index is 10.6. The molecule has 84 valence electrons. The molecule has 4 heteroatoms. The molecule has 0 aliphatic heterocycles. The van der Waals surface area contributed by atoms with Gasteiger partial charge in [0.25, 0.3) is 0 Å². The lowest BCUT2D eigenvalue weighted by atomic mass is 10.2. The molecule has 0 amide bonds. The number of ether oxygens (including phenoxy) is 1. The number of hydrogen-bond donors (Lipinski definition) is 1. The van der Waals surface area contributed by atoms with E-state index in [1.807, 2.05) is 0 Å². The van der Waals surface area contributed by atoms with Gasteiger partial charge in [-0.2, -0.15) is 0 Å². The van der Waals surface area contributed by atoms with Crippen LogP contribution in [0.15, 0.2) is 18.2 Å². The SMILES string of the molecule is COc1cc(C#CCSC(C)=O)ccc1O. The van der Waals surface area contributed by atoms with E-state index >= 15 is 0 Å². The van der Waals surface area contributed by atoms with Crippen LogP contribution in [0.5, 0.6) is 11.5 Å². The first kappa shape index (κ1) is 12.5. The summed E-state index contributed by atoms with van der Waals surface area (Å²) in [5, 5.41) is 9.41. The summed E-state index contributed by atoms with van der Waals surface area (Å²) in [5.74, 6) is 6.70. The molecule has 0 saturated carbocycles. The molecule has 0 heterocycles. The van der Waals surface area contributed by atoms with E-state index in [0.717, 1.165) is 5.56 Å². The Labute approximate surface area is 98.8 Å². The molecule has 1 aromatic rings. The summed E-state index contributed by atoms with van der Waals surface area (Å²) in [5.41, 5.74) is 0.749. The van der Waals surface area contributed by atoms with Crippen LogP contribution in [0.1, 0.15) is 12.5 Å². The first-order valence-electron chi connectivity index (χ1n) is 4.62. The molecule has 0 atom stereocenters. The Morgan fingerprint density at radius 2 is 2.31 bits per heavy atom. The predicted octanol–water partition coefficient (Wildman–Crippen LogP) is 2.03. The number of benzene rings is 1. The lowest BCUT2D eigenvalue weighted by Gasteiger charge is -2.02. The number of aromatic hydroxyl groups is 1. The van der Waals surface area contributed by atoms with Crippen LogP contribution in [0.3, 0.4) is 0 Å². The lowest BCUT2D eigenvalue weighted by molar-refractivity contribution is -0.109. The number of thioether (sulfide) groups is 1. The number of methoxy groups -OCH3 is 1. The normalized spacial score (nSPS) is 9.12. The monoisotopic (exact) mass is 236 g/mol. The Hall–Kier alpha value is -1.60. The topological polar surface area (TPSA) is 46.5 Å². The first-order valence-corrected chi connectivity index (χ1v) is 5.61. The molecule has 1 rings (SSSR count). The molecule has 0 aromatic heterocycles. The Bertz CT molecular complexity index is 443. The van der Waals surface area contributed by atoms with E-state index in [-0.39, 0.29) is 10.9 Å². The molecule has 3 nitrogen and oxygen atoms in total. The largest absolute Gasteiger partial charge is 0.504 e. The van der Waals surface area contributed by atoms with Crippen molar-refractivity contribution in [1.82, 2.24) is 0 Å². The number of phenols is 1. The fourth-order valence-electron chi connectivity index (χ4n) is 1.03. The molecule has 0 radical (unpaired) electrons. The standard InChI is InChI=1S/C12H12O3S/c1-9(13)16-7-3-4-10-5-6-11(14)12(8-10)15-2/h5-6,8,14H,7H2,1-2H3. The summed E-state index contributed by atoms with van der Waals surface area (Å²) in [6.45, 7) is 1.51. The number of rotatable bonds is 2. The van der Waals surface area contributed by atoms with Crippen molar-refractivity contribution in [2.75, 3.05) is 12.9 Å². The van der Waals surface area contributed by atoms with Crippen molar-refractivity contribution in [3.05, 3.63) is 23.8 Å². The highest BCUT2D eigenvalue weighted by atomic mass is 32.2. The van der Waals surface area contributed by atoms with Crippen LogP contribution in [0.2, 0.25) is 0 Å². The van der Waals surface area contributed by atoms with E-state index in [9.17, 15) is 9.90 Å². The van der Waals surface area contributed by atoms with Crippen LogP contribution in [0.4, 0.5) is 0 Å². The van der Waals surface area contributed by atoms with Gasteiger partial charge in [-0.05, 0) is 18.2 Å². The van der Waals surface area contributed by atoms with Gasteiger partial charge in [0, 0.05) is 12.5 Å². The molecule has 0 unspecified atom stereocenters. The maximum Gasteiger partial charge on any atom is 0.186 e. The fourth-order valence-corrected chi connectivity index (χ4v) is 1.38. The van der Waals surface area contributed by atoms with Crippen molar-refractivity contribution in [2.24, 2.45) is 0 Å². The van der Waals surface area contributed by atoms with E-state index in [2.05, 4.69) is 11.8 Å². The van der Waals surface area contributed by atoms with Gasteiger partial charge in [-0.15, -0.1) is 0 Å². The molecular weight excluding hydrogens is 224 g/mol. The Kier molecular flexibility index (Phi) is 4.74. The zero-order valence-electron chi connectivity index (χ0n) is 9.11. The quantitative estimate of drug-likeness (QED) is 0.798. The van der Waals surface area contributed by atoms with Gasteiger partial charge in [0.05, 0.1) is 12.9 Å². The summed E-state index contributed by atoms with van der Waals surface area (Å²) in [7, 11) is 1.48. The molecule has 0 aliphatic carbocycles. The van der Waals surface area contributed by atoms with Gasteiger partial charge in [0.1, 0.15) is 0 Å². The van der Waals surface area contributed by atoms with Gasteiger partial charge >= 0.3 is 0 Å². The molecule has 16 heavy (non-hydrogen) atoms. The minimum Gasteiger partial charge on any atom is -0.504 e. The number of carbonyl (C=O) groups is 1. The van der Waals surface area contributed by atoms with E-state index in [1.54, 1.807) is 12.1 Å². The zero-order valence-corrected chi connectivity index (χ0v) is 9.93. The van der Waals surface area contributed by atoms with Crippen LogP contribution < -0.4 is 4.74 Å². The third-order valence-electron chi connectivity index (χ3n) is 1.76. The summed E-state index contributed by atoms with van der Waals surface area (Å²) in [6, 6.07) is 4.88. The first-order chi connectivity index (χ1) is 7.63. The minimum atomic E-state index is 0.0533. The third-order valence-corrected chi connectivity index (χ3v) is 2.46. The number of hydrogen-bond acceptors (Lipinski definition) is 4. The van der Waals surface area contributed by atoms with Crippen LogP contribution in [-0.2, 0) is 4.79 Å². The Morgan fingerprint density at radius 3 is 2.94 bits per heavy atom. The van der Waals surface area contributed by atoms with E-state index in [0.29, 0.717) is 11.5 Å². The molecule has 0 aliphatic rings. The molecule has 0 bridgehead atoms. The van der Waals surface area contributed by atoms with Crippen molar-refractivity contribution in [3.63, 3.8) is 0 Å². The van der Waals surface area contributed by atoms with E-state index < -0.39 is 0 Å². The van der Waals surface area contributed by atoms with Gasteiger partial charge < -0.3 is 9.84 Å². The van der Waals surface area contributed by atoms with Crippen molar-refractivity contribution in [3.8, 4) is 23.3 Å². The van der Waals surface area contributed by atoms with Crippen LogP contribution in [0, 0.1) is 11.8 Å². The Morgan fingerprint density at radius 1 is 1.56 bits per heavy atom. The minimum absolute atomic E-state index is 0.0533. The van der Waals surface area contributed by atoms with Crippen LogP contribution in [0.25, 0.3) is 0 Å². The second-order valence-electron chi connectivity index (χ2n) is 2.97. The summed E-state index contributed by atoms with van der Waals surface area (Å²) in [4.78, 5) is 10.6. The predicted molar refractivity (Wildman–Crippen MR) is 64.7 cm³/mol. The van der Waals surface area contributed by atoms with Gasteiger partial charge in [0.15, 0.2) is 16.6 Å². The molecule has 0 fully saturated rings. The van der Waals surface area contributed by atoms with Crippen molar-refractivity contribution < 1.29 is 14.6 Å². The van der Waals surface area contributed by atoms with E-state index in [1.165, 1.54) is 31.9 Å². The average molecular weight is 236 g/mol. The van der Waals surface area contributed by atoms with Gasteiger partial charge in [-0.25, -0.2) is 0 Å². The molecule has 0 saturated heterocycles. The van der Waals surface area contributed by atoms with Crippen molar-refractivity contribution >= 4 is 16.9 Å². The lowest BCUT2D eigenvalue weighted by Crippen LogP contribution is -1.85. The highest BCUT2D eigenvalue weighted by Crippen LogP contribution is 2.25. The summed E-state index contributed by atoms with van der Waals surface area (Å²) in [6.07, 6.45) is 0.